The lowest BCUT2D eigenvalue weighted by molar-refractivity contribution is 0.242. The quantitative estimate of drug-likeness (QED) is 0.543. The van der Waals surface area contributed by atoms with E-state index in [1.165, 1.54) is 45.2 Å². The molecule has 104 valence electrons. The van der Waals surface area contributed by atoms with E-state index in [0.717, 1.165) is 6.04 Å². The minimum absolute atomic E-state index is 0.761. The number of rotatable bonds is 10. The van der Waals surface area contributed by atoms with Crippen molar-refractivity contribution in [3.05, 3.63) is 0 Å². The predicted octanol–water partition coefficient (Wildman–Crippen LogP) is 1.99. The minimum atomic E-state index is 0.761. The van der Waals surface area contributed by atoms with Gasteiger partial charge < -0.3 is 14.7 Å². The molecule has 3 nitrogen and oxygen atoms in total. The van der Waals surface area contributed by atoms with Gasteiger partial charge in [0.1, 0.15) is 0 Å². The summed E-state index contributed by atoms with van der Waals surface area (Å²) < 4.78 is 0. The normalized spacial score (nSPS) is 13.9. The van der Waals surface area contributed by atoms with Crippen LogP contribution in [0.15, 0.2) is 0 Å². The fourth-order valence-electron chi connectivity index (χ4n) is 2.11. The Hall–Kier alpha value is -0.120. The molecule has 3 heteroatoms. The lowest BCUT2D eigenvalue weighted by Crippen LogP contribution is -2.29. The first kappa shape index (κ1) is 16.9. The van der Waals surface area contributed by atoms with Crippen molar-refractivity contribution in [3.8, 4) is 0 Å². The van der Waals surface area contributed by atoms with Crippen LogP contribution in [-0.2, 0) is 0 Å². The molecule has 17 heavy (non-hydrogen) atoms. The van der Waals surface area contributed by atoms with Gasteiger partial charge in [-0.1, -0.05) is 6.42 Å². The first-order chi connectivity index (χ1) is 7.93. The summed E-state index contributed by atoms with van der Waals surface area (Å²) >= 11 is 0. The van der Waals surface area contributed by atoms with Crippen LogP contribution >= 0.6 is 0 Å². The zero-order valence-electron chi connectivity index (χ0n) is 12.9. The minimum Gasteiger partial charge on any atom is -0.309 e. The van der Waals surface area contributed by atoms with Gasteiger partial charge in [0.15, 0.2) is 0 Å². The third-order valence-corrected chi connectivity index (χ3v) is 3.27. The number of hydrogen-bond donors (Lipinski definition) is 0. The average molecular weight is 243 g/mol. The van der Waals surface area contributed by atoms with E-state index in [4.69, 9.17) is 0 Å². The Labute approximate surface area is 109 Å². The SMILES string of the molecule is CN(C)CCCCC(CCCN(C)C)N(C)C. The van der Waals surface area contributed by atoms with Gasteiger partial charge in [-0.2, -0.15) is 0 Å². The molecule has 0 radical (unpaired) electrons. The molecule has 0 aromatic rings. The Kier molecular flexibility index (Phi) is 9.79. The van der Waals surface area contributed by atoms with Crippen LogP contribution in [0.4, 0.5) is 0 Å². The summed E-state index contributed by atoms with van der Waals surface area (Å²) in [5.74, 6) is 0. The maximum Gasteiger partial charge on any atom is 0.00896 e. The fraction of sp³-hybridized carbons (Fsp3) is 1.00. The zero-order chi connectivity index (χ0) is 13.3. The first-order valence-corrected chi connectivity index (χ1v) is 6.89. The highest BCUT2D eigenvalue weighted by molar-refractivity contribution is 4.67. The van der Waals surface area contributed by atoms with E-state index in [-0.39, 0.29) is 0 Å². The van der Waals surface area contributed by atoms with Crippen LogP contribution < -0.4 is 0 Å². The highest BCUT2D eigenvalue weighted by Crippen LogP contribution is 2.12. The largest absolute Gasteiger partial charge is 0.309 e. The van der Waals surface area contributed by atoms with Crippen molar-refractivity contribution in [2.24, 2.45) is 0 Å². The van der Waals surface area contributed by atoms with Crippen LogP contribution in [0.1, 0.15) is 32.1 Å². The summed E-state index contributed by atoms with van der Waals surface area (Å²) in [6.45, 7) is 2.43. The molecule has 0 aromatic heterocycles. The van der Waals surface area contributed by atoms with Crippen molar-refractivity contribution in [3.63, 3.8) is 0 Å². The van der Waals surface area contributed by atoms with Crippen molar-refractivity contribution in [2.45, 2.75) is 38.1 Å². The average Bonchev–Trinajstić information content (AvgIpc) is 2.20. The Morgan fingerprint density at radius 1 is 0.647 bits per heavy atom. The van der Waals surface area contributed by atoms with E-state index in [1.54, 1.807) is 0 Å². The zero-order valence-corrected chi connectivity index (χ0v) is 12.9. The Morgan fingerprint density at radius 2 is 1.12 bits per heavy atom. The lowest BCUT2D eigenvalue weighted by atomic mass is 10.0. The number of hydrogen-bond acceptors (Lipinski definition) is 3. The van der Waals surface area contributed by atoms with Gasteiger partial charge in [0, 0.05) is 6.04 Å². The van der Waals surface area contributed by atoms with Gasteiger partial charge in [0.25, 0.3) is 0 Å². The Balaban J connectivity index is 3.67. The predicted molar refractivity (Wildman–Crippen MR) is 77.7 cm³/mol. The summed E-state index contributed by atoms with van der Waals surface area (Å²) in [6, 6.07) is 0.761. The molecular weight excluding hydrogens is 210 g/mol. The van der Waals surface area contributed by atoms with Gasteiger partial charge in [0.2, 0.25) is 0 Å². The molecule has 0 saturated heterocycles. The van der Waals surface area contributed by atoms with Crippen LogP contribution in [0, 0.1) is 0 Å². The second-order valence-electron chi connectivity index (χ2n) is 5.86. The van der Waals surface area contributed by atoms with Crippen molar-refractivity contribution in [1.29, 1.82) is 0 Å². The van der Waals surface area contributed by atoms with Gasteiger partial charge in [-0.3, -0.25) is 0 Å². The number of nitrogens with zero attached hydrogens (tertiary/aromatic N) is 3. The molecule has 0 bridgehead atoms. The van der Waals surface area contributed by atoms with Gasteiger partial charge in [-0.15, -0.1) is 0 Å². The van der Waals surface area contributed by atoms with E-state index >= 15 is 0 Å². The second-order valence-corrected chi connectivity index (χ2v) is 5.86. The molecule has 0 fully saturated rings. The topological polar surface area (TPSA) is 9.72 Å². The monoisotopic (exact) mass is 243 g/mol. The van der Waals surface area contributed by atoms with Crippen LogP contribution in [0.2, 0.25) is 0 Å². The summed E-state index contributed by atoms with van der Waals surface area (Å²) in [6.07, 6.45) is 6.65. The molecule has 0 rings (SSSR count). The molecule has 0 saturated carbocycles. The number of unbranched alkanes of at least 4 members (excludes halogenated alkanes) is 1. The Morgan fingerprint density at radius 3 is 1.59 bits per heavy atom. The third kappa shape index (κ3) is 10.7. The fourth-order valence-corrected chi connectivity index (χ4v) is 2.11. The van der Waals surface area contributed by atoms with Gasteiger partial charge in [-0.25, -0.2) is 0 Å². The Bertz CT molecular complexity index is 167. The van der Waals surface area contributed by atoms with Gasteiger partial charge in [0.05, 0.1) is 0 Å². The summed E-state index contributed by atoms with van der Waals surface area (Å²) in [5, 5.41) is 0. The summed E-state index contributed by atoms with van der Waals surface area (Å²) in [7, 11) is 13.0. The molecule has 0 N–H and O–H groups in total. The van der Waals surface area contributed by atoms with E-state index in [1.807, 2.05) is 0 Å². The molecule has 0 aromatic carbocycles. The van der Waals surface area contributed by atoms with Crippen LogP contribution in [-0.4, -0.2) is 76.1 Å². The molecule has 0 aliphatic heterocycles. The second kappa shape index (κ2) is 9.86. The molecule has 0 amide bonds. The maximum atomic E-state index is 2.39. The highest BCUT2D eigenvalue weighted by Gasteiger charge is 2.10. The lowest BCUT2D eigenvalue weighted by Gasteiger charge is -2.25. The maximum absolute atomic E-state index is 2.39. The molecule has 1 unspecified atom stereocenters. The molecule has 1 atom stereocenters. The van der Waals surface area contributed by atoms with Crippen molar-refractivity contribution < 1.29 is 0 Å². The van der Waals surface area contributed by atoms with Crippen LogP contribution in [0.3, 0.4) is 0 Å². The van der Waals surface area contributed by atoms with Crippen molar-refractivity contribution in [2.75, 3.05) is 55.4 Å². The smallest absolute Gasteiger partial charge is 0.00896 e. The first-order valence-electron chi connectivity index (χ1n) is 6.89. The van der Waals surface area contributed by atoms with Crippen molar-refractivity contribution >= 4 is 0 Å². The van der Waals surface area contributed by atoms with Crippen LogP contribution in [0.5, 0.6) is 0 Å². The van der Waals surface area contributed by atoms with E-state index < -0.39 is 0 Å². The molecular formula is C14H33N3. The van der Waals surface area contributed by atoms with E-state index in [0.29, 0.717) is 0 Å². The molecule has 0 aliphatic carbocycles. The van der Waals surface area contributed by atoms with Gasteiger partial charge >= 0.3 is 0 Å². The van der Waals surface area contributed by atoms with Crippen LogP contribution in [0.25, 0.3) is 0 Å². The standard InChI is InChI=1S/C14H33N3/c1-15(2)12-8-7-10-14(17(5)6)11-9-13-16(3)4/h14H,7-13H2,1-6H3. The molecule has 0 aliphatic rings. The summed E-state index contributed by atoms with van der Waals surface area (Å²) in [4.78, 5) is 6.95. The highest BCUT2D eigenvalue weighted by atomic mass is 15.1. The van der Waals surface area contributed by atoms with Crippen molar-refractivity contribution in [1.82, 2.24) is 14.7 Å². The van der Waals surface area contributed by atoms with E-state index in [9.17, 15) is 0 Å². The summed E-state index contributed by atoms with van der Waals surface area (Å²) in [5.41, 5.74) is 0. The molecule has 0 heterocycles. The third-order valence-electron chi connectivity index (χ3n) is 3.27. The van der Waals surface area contributed by atoms with Gasteiger partial charge in [-0.05, 0) is 81.1 Å². The van der Waals surface area contributed by atoms with E-state index in [2.05, 4.69) is 57.0 Å². The molecule has 0 spiro atoms.